The predicted molar refractivity (Wildman–Crippen MR) is 49.3 cm³/mol. The summed E-state index contributed by atoms with van der Waals surface area (Å²) in [5, 5.41) is 12.0. The summed E-state index contributed by atoms with van der Waals surface area (Å²) in [5.74, 6) is -0.0919. The minimum absolute atomic E-state index is 0.0919. The fraction of sp³-hybridized carbons (Fsp3) is 0.800. The Kier molecular flexibility index (Phi) is 2.42. The zero-order valence-corrected chi connectivity index (χ0v) is 8.08. The summed E-state index contributed by atoms with van der Waals surface area (Å²) in [6.45, 7) is 1.04. The maximum Gasteiger partial charge on any atom is 0.240 e. The van der Waals surface area contributed by atoms with Crippen LogP contribution in [0.4, 0.5) is 0 Å². The Morgan fingerprint density at radius 1 is 1.43 bits per heavy atom. The average molecular weight is 194 g/mol. The molecule has 0 aromatic heterocycles. The zero-order chi connectivity index (χ0) is 10.0. The first-order valence-electron chi connectivity index (χ1n) is 5.07. The summed E-state index contributed by atoms with van der Waals surface area (Å²) in [5.41, 5.74) is -0.819. The molecular formula is C10H14N2O2. The van der Waals surface area contributed by atoms with E-state index in [2.05, 4.69) is 11.4 Å². The maximum absolute atomic E-state index is 11.8. The summed E-state index contributed by atoms with van der Waals surface area (Å²) in [7, 11) is 0. The van der Waals surface area contributed by atoms with E-state index < -0.39 is 5.41 Å². The summed E-state index contributed by atoms with van der Waals surface area (Å²) in [6, 6.07) is 2.49. The van der Waals surface area contributed by atoms with Crippen molar-refractivity contribution in [2.75, 3.05) is 13.2 Å². The number of carbonyl (C=O) groups excluding carboxylic acids is 1. The molecule has 4 heteroatoms. The number of hydrogen-bond donors (Lipinski definition) is 1. The van der Waals surface area contributed by atoms with Crippen LogP contribution in [0.1, 0.15) is 25.7 Å². The molecule has 2 fully saturated rings. The van der Waals surface area contributed by atoms with Gasteiger partial charge in [-0.2, -0.15) is 5.26 Å². The summed E-state index contributed by atoms with van der Waals surface area (Å²) in [4.78, 5) is 11.8. The number of nitrogens with one attached hydrogen (secondary N) is 1. The number of carbonyl (C=O) groups is 1. The van der Waals surface area contributed by atoms with E-state index in [9.17, 15) is 4.79 Å². The van der Waals surface area contributed by atoms with Gasteiger partial charge in [-0.25, -0.2) is 0 Å². The normalized spacial score (nSPS) is 25.1. The second kappa shape index (κ2) is 3.58. The van der Waals surface area contributed by atoms with Crippen LogP contribution in [0.15, 0.2) is 0 Å². The van der Waals surface area contributed by atoms with Gasteiger partial charge in [-0.1, -0.05) is 0 Å². The van der Waals surface area contributed by atoms with Gasteiger partial charge in [0.2, 0.25) is 5.91 Å². The fourth-order valence-corrected chi connectivity index (χ4v) is 1.66. The van der Waals surface area contributed by atoms with E-state index in [1.807, 2.05) is 0 Å². The molecule has 1 heterocycles. The number of hydrogen-bond acceptors (Lipinski definition) is 3. The van der Waals surface area contributed by atoms with Gasteiger partial charge in [0, 0.05) is 19.3 Å². The number of amides is 1. The van der Waals surface area contributed by atoms with Crippen molar-refractivity contribution < 1.29 is 9.53 Å². The molecule has 0 bridgehead atoms. The van der Waals surface area contributed by atoms with Gasteiger partial charge in [-0.05, 0) is 25.7 Å². The lowest BCUT2D eigenvalue weighted by Gasteiger charge is -2.29. The summed E-state index contributed by atoms with van der Waals surface area (Å²) >= 11 is 0. The second-order valence-corrected chi connectivity index (χ2v) is 4.05. The molecule has 1 aliphatic heterocycles. The van der Waals surface area contributed by atoms with Crippen LogP contribution in [-0.2, 0) is 9.53 Å². The van der Waals surface area contributed by atoms with Crippen molar-refractivity contribution in [1.82, 2.24) is 5.32 Å². The van der Waals surface area contributed by atoms with Crippen molar-refractivity contribution in [1.29, 1.82) is 5.26 Å². The zero-order valence-electron chi connectivity index (χ0n) is 8.08. The predicted octanol–water partition coefficient (Wildman–Crippen LogP) is 0.585. The number of ether oxygens (including phenoxy) is 1. The number of nitriles is 1. The molecule has 2 aliphatic rings. The van der Waals surface area contributed by atoms with E-state index in [0.717, 1.165) is 12.8 Å². The average Bonchev–Trinajstić information content (AvgIpc) is 3.02. The molecule has 0 radical (unpaired) electrons. The molecule has 76 valence electrons. The van der Waals surface area contributed by atoms with Crippen molar-refractivity contribution in [3.63, 3.8) is 0 Å². The molecule has 4 nitrogen and oxygen atoms in total. The van der Waals surface area contributed by atoms with Gasteiger partial charge in [0.25, 0.3) is 0 Å². The monoisotopic (exact) mass is 194 g/mol. The third-order valence-electron chi connectivity index (χ3n) is 2.91. The molecule has 1 amide bonds. The van der Waals surface area contributed by atoms with Crippen LogP contribution in [0.2, 0.25) is 0 Å². The molecule has 1 N–H and O–H groups in total. The Morgan fingerprint density at radius 3 is 2.57 bits per heavy atom. The van der Waals surface area contributed by atoms with Crippen LogP contribution in [0.25, 0.3) is 0 Å². The lowest BCUT2D eigenvalue weighted by atomic mass is 9.81. The smallest absolute Gasteiger partial charge is 0.240 e. The van der Waals surface area contributed by atoms with E-state index in [-0.39, 0.29) is 5.91 Å². The van der Waals surface area contributed by atoms with Crippen molar-refractivity contribution in [3.05, 3.63) is 0 Å². The minimum atomic E-state index is -0.819. The van der Waals surface area contributed by atoms with Crippen LogP contribution in [-0.4, -0.2) is 25.2 Å². The quantitative estimate of drug-likeness (QED) is 0.699. The molecule has 0 atom stereocenters. The number of nitrogens with zero attached hydrogens (tertiary/aromatic N) is 1. The van der Waals surface area contributed by atoms with E-state index in [0.29, 0.717) is 32.1 Å². The molecule has 0 aromatic carbocycles. The summed E-state index contributed by atoms with van der Waals surface area (Å²) in [6.07, 6.45) is 3.18. The van der Waals surface area contributed by atoms with Crippen molar-refractivity contribution in [2.45, 2.75) is 31.7 Å². The van der Waals surface area contributed by atoms with Crippen LogP contribution in [0.3, 0.4) is 0 Å². The van der Waals surface area contributed by atoms with Gasteiger partial charge in [0.15, 0.2) is 0 Å². The maximum atomic E-state index is 11.8. The highest BCUT2D eigenvalue weighted by Crippen LogP contribution is 2.31. The van der Waals surface area contributed by atoms with Gasteiger partial charge in [0.05, 0.1) is 6.07 Å². The Hall–Kier alpha value is -1.08. The van der Waals surface area contributed by atoms with E-state index >= 15 is 0 Å². The molecule has 1 aliphatic carbocycles. The topological polar surface area (TPSA) is 62.1 Å². The molecule has 1 saturated carbocycles. The minimum Gasteiger partial charge on any atom is -0.381 e. The lowest BCUT2D eigenvalue weighted by Crippen LogP contribution is -2.44. The summed E-state index contributed by atoms with van der Waals surface area (Å²) < 4.78 is 5.17. The molecule has 0 unspecified atom stereocenters. The van der Waals surface area contributed by atoms with Gasteiger partial charge in [-0.3, -0.25) is 4.79 Å². The van der Waals surface area contributed by atoms with Gasteiger partial charge in [0.1, 0.15) is 5.41 Å². The third kappa shape index (κ3) is 1.73. The highest BCUT2D eigenvalue weighted by Gasteiger charge is 2.42. The van der Waals surface area contributed by atoms with E-state index in [1.54, 1.807) is 0 Å². The first kappa shape index (κ1) is 9.47. The van der Waals surface area contributed by atoms with Crippen LogP contribution in [0, 0.1) is 16.7 Å². The van der Waals surface area contributed by atoms with Crippen LogP contribution < -0.4 is 5.32 Å². The third-order valence-corrected chi connectivity index (χ3v) is 2.91. The van der Waals surface area contributed by atoms with Crippen molar-refractivity contribution in [2.24, 2.45) is 5.41 Å². The largest absolute Gasteiger partial charge is 0.381 e. The highest BCUT2D eigenvalue weighted by atomic mass is 16.5. The Morgan fingerprint density at radius 2 is 2.07 bits per heavy atom. The van der Waals surface area contributed by atoms with Gasteiger partial charge < -0.3 is 10.1 Å². The van der Waals surface area contributed by atoms with Crippen molar-refractivity contribution >= 4 is 5.91 Å². The molecule has 2 rings (SSSR count). The first-order valence-corrected chi connectivity index (χ1v) is 5.07. The van der Waals surface area contributed by atoms with E-state index in [1.165, 1.54) is 0 Å². The van der Waals surface area contributed by atoms with Crippen molar-refractivity contribution in [3.8, 4) is 6.07 Å². The SMILES string of the molecule is N#CC1(C(=O)NC2CC2)CCOCC1. The second-order valence-electron chi connectivity index (χ2n) is 4.05. The molecule has 14 heavy (non-hydrogen) atoms. The molecular weight excluding hydrogens is 180 g/mol. The van der Waals surface area contributed by atoms with Crippen LogP contribution in [0.5, 0.6) is 0 Å². The molecule has 0 aromatic rings. The molecule has 0 spiro atoms. The van der Waals surface area contributed by atoms with Gasteiger partial charge >= 0.3 is 0 Å². The Bertz CT molecular complexity index is 272. The molecule has 1 saturated heterocycles. The van der Waals surface area contributed by atoms with Gasteiger partial charge in [-0.15, -0.1) is 0 Å². The first-order chi connectivity index (χ1) is 6.77. The Balaban J connectivity index is 2.01. The standard InChI is InChI=1S/C10H14N2O2/c11-7-10(3-5-14-6-4-10)9(13)12-8-1-2-8/h8H,1-6H2,(H,12,13). The number of rotatable bonds is 2. The van der Waals surface area contributed by atoms with Crippen LogP contribution >= 0.6 is 0 Å². The highest BCUT2D eigenvalue weighted by molar-refractivity contribution is 5.86. The lowest BCUT2D eigenvalue weighted by molar-refractivity contribution is -0.132. The fourth-order valence-electron chi connectivity index (χ4n) is 1.66. The Labute approximate surface area is 83.2 Å². The van der Waals surface area contributed by atoms with E-state index in [4.69, 9.17) is 10.00 Å².